The molecule has 0 spiro atoms. The van der Waals surface area contributed by atoms with Crippen LogP contribution in [0.1, 0.15) is 27.8 Å². The van der Waals surface area contributed by atoms with Crippen molar-refractivity contribution < 1.29 is 28.5 Å². The van der Waals surface area contributed by atoms with Crippen LogP contribution < -0.4 is 4.74 Å². The SMILES string of the molecule is O=C(O)c1cc(C2OC=CO2)c(OCc2ccccc2)c(F)c1Cl. The summed E-state index contributed by atoms with van der Waals surface area (Å²) in [4.78, 5) is 11.2. The van der Waals surface area contributed by atoms with Crippen molar-refractivity contribution in [3.05, 3.63) is 76.5 Å². The van der Waals surface area contributed by atoms with Crippen molar-refractivity contribution in [2.24, 2.45) is 0 Å². The van der Waals surface area contributed by atoms with E-state index >= 15 is 0 Å². The molecular weight excluding hydrogens is 339 g/mol. The molecule has 0 amide bonds. The van der Waals surface area contributed by atoms with Gasteiger partial charge in [0.25, 0.3) is 6.29 Å². The van der Waals surface area contributed by atoms with Gasteiger partial charge in [-0.15, -0.1) is 0 Å². The van der Waals surface area contributed by atoms with Crippen LogP contribution in [-0.2, 0) is 16.1 Å². The lowest BCUT2D eigenvalue weighted by molar-refractivity contribution is -0.0270. The lowest BCUT2D eigenvalue weighted by atomic mass is 10.1. The Balaban J connectivity index is 1.99. The summed E-state index contributed by atoms with van der Waals surface area (Å²) in [6.45, 7) is 0.0770. The first-order chi connectivity index (χ1) is 11.6. The smallest absolute Gasteiger partial charge is 0.337 e. The Hall–Kier alpha value is -2.73. The molecule has 0 saturated heterocycles. The zero-order chi connectivity index (χ0) is 17.1. The molecule has 0 aromatic heterocycles. The van der Waals surface area contributed by atoms with Gasteiger partial charge in [-0.25, -0.2) is 9.18 Å². The average Bonchev–Trinajstić information content (AvgIpc) is 3.11. The first kappa shape index (κ1) is 16.1. The molecule has 1 aliphatic rings. The quantitative estimate of drug-likeness (QED) is 0.872. The first-order valence-electron chi connectivity index (χ1n) is 6.95. The third kappa shape index (κ3) is 3.14. The maximum Gasteiger partial charge on any atom is 0.337 e. The van der Waals surface area contributed by atoms with Crippen LogP contribution in [0.15, 0.2) is 48.9 Å². The number of hydrogen-bond donors (Lipinski definition) is 1. The van der Waals surface area contributed by atoms with E-state index in [0.717, 1.165) is 5.56 Å². The van der Waals surface area contributed by atoms with Gasteiger partial charge >= 0.3 is 5.97 Å². The molecule has 0 aliphatic carbocycles. The predicted octanol–water partition coefficient (Wildman–Crippen LogP) is 4.27. The minimum Gasteiger partial charge on any atom is -0.485 e. The highest BCUT2D eigenvalue weighted by Crippen LogP contribution is 2.39. The number of ether oxygens (including phenoxy) is 3. The van der Waals surface area contributed by atoms with Crippen LogP contribution in [0.25, 0.3) is 0 Å². The Bertz CT molecular complexity index is 783. The van der Waals surface area contributed by atoms with Gasteiger partial charge in [-0.05, 0) is 11.6 Å². The number of rotatable bonds is 5. The molecule has 1 aliphatic heterocycles. The Morgan fingerprint density at radius 2 is 1.92 bits per heavy atom. The second-order valence-electron chi connectivity index (χ2n) is 4.93. The fourth-order valence-corrected chi connectivity index (χ4v) is 2.44. The largest absolute Gasteiger partial charge is 0.485 e. The van der Waals surface area contributed by atoms with Crippen LogP contribution in [0.3, 0.4) is 0 Å². The Morgan fingerprint density at radius 1 is 1.25 bits per heavy atom. The second kappa shape index (κ2) is 6.80. The molecule has 2 aromatic rings. The fraction of sp³-hybridized carbons (Fsp3) is 0.118. The Kier molecular flexibility index (Phi) is 4.57. The van der Waals surface area contributed by atoms with Gasteiger partial charge in [0, 0.05) is 0 Å². The van der Waals surface area contributed by atoms with E-state index in [2.05, 4.69) is 0 Å². The van der Waals surface area contributed by atoms with E-state index in [-0.39, 0.29) is 17.9 Å². The molecule has 0 fully saturated rings. The van der Waals surface area contributed by atoms with Crippen molar-refractivity contribution in [3.63, 3.8) is 0 Å². The third-order valence-corrected chi connectivity index (χ3v) is 3.73. The van der Waals surface area contributed by atoms with E-state index in [9.17, 15) is 9.18 Å². The fourth-order valence-electron chi connectivity index (χ4n) is 2.22. The zero-order valence-electron chi connectivity index (χ0n) is 12.2. The van der Waals surface area contributed by atoms with Gasteiger partial charge in [0.05, 0.1) is 16.1 Å². The summed E-state index contributed by atoms with van der Waals surface area (Å²) in [6, 6.07) is 10.3. The molecule has 0 bridgehead atoms. The molecule has 1 N–H and O–H groups in total. The van der Waals surface area contributed by atoms with E-state index in [1.807, 2.05) is 30.3 Å². The summed E-state index contributed by atoms with van der Waals surface area (Å²) in [5.74, 6) is -2.54. The van der Waals surface area contributed by atoms with Crippen molar-refractivity contribution in [2.75, 3.05) is 0 Å². The van der Waals surface area contributed by atoms with Crippen molar-refractivity contribution in [1.82, 2.24) is 0 Å². The number of carboxylic acid groups (broad SMARTS) is 1. The summed E-state index contributed by atoms with van der Waals surface area (Å²) < 4.78 is 30.5. The van der Waals surface area contributed by atoms with Crippen molar-refractivity contribution in [3.8, 4) is 5.75 Å². The summed E-state index contributed by atoms with van der Waals surface area (Å²) in [5.41, 5.74) is 0.526. The van der Waals surface area contributed by atoms with E-state index in [1.165, 1.54) is 18.6 Å². The number of carboxylic acids is 1. The van der Waals surface area contributed by atoms with Crippen LogP contribution >= 0.6 is 11.6 Å². The van der Waals surface area contributed by atoms with Crippen LogP contribution in [0.2, 0.25) is 5.02 Å². The Morgan fingerprint density at radius 3 is 2.54 bits per heavy atom. The lowest BCUT2D eigenvalue weighted by Gasteiger charge is -2.18. The molecule has 5 nitrogen and oxygen atoms in total. The second-order valence-corrected chi connectivity index (χ2v) is 5.30. The normalized spacial score (nSPS) is 13.4. The van der Waals surface area contributed by atoms with Gasteiger partial charge in [0.2, 0.25) is 0 Å². The van der Waals surface area contributed by atoms with Gasteiger partial charge in [-0.2, -0.15) is 0 Å². The molecule has 0 unspecified atom stereocenters. The zero-order valence-corrected chi connectivity index (χ0v) is 13.0. The molecule has 0 saturated carbocycles. The maximum atomic E-state index is 14.6. The average molecular weight is 351 g/mol. The van der Waals surface area contributed by atoms with E-state index in [1.54, 1.807) is 0 Å². The minimum atomic E-state index is -1.36. The highest BCUT2D eigenvalue weighted by Gasteiger charge is 2.29. The minimum absolute atomic E-state index is 0.0770. The van der Waals surface area contributed by atoms with Gasteiger partial charge in [-0.3, -0.25) is 0 Å². The van der Waals surface area contributed by atoms with Crippen LogP contribution in [0.4, 0.5) is 4.39 Å². The molecule has 0 radical (unpaired) electrons. The number of aromatic carboxylic acids is 1. The van der Waals surface area contributed by atoms with Gasteiger partial charge in [-0.1, -0.05) is 41.9 Å². The topological polar surface area (TPSA) is 65.0 Å². The van der Waals surface area contributed by atoms with Gasteiger partial charge < -0.3 is 19.3 Å². The molecular formula is C17H12ClFO5. The standard InChI is InChI=1S/C17H12ClFO5/c18-13-11(16(20)21)8-12(17-22-6-7-23-17)15(14(13)19)24-9-10-4-2-1-3-5-10/h1-8,17H,9H2,(H,20,21). The Labute approximate surface area is 141 Å². The lowest BCUT2D eigenvalue weighted by Crippen LogP contribution is -2.10. The van der Waals surface area contributed by atoms with E-state index in [4.69, 9.17) is 30.9 Å². The molecule has 0 atom stereocenters. The highest BCUT2D eigenvalue weighted by atomic mass is 35.5. The van der Waals surface area contributed by atoms with E-state index < -0.39 is 28.7 Å². The van der Waals surface area contributed by atoms with Crippen molar-refractivity contribution in [1.29, 1.82) is 0 Å². The molecule has 2 aromatic carbocycles. The molecule has 7 heteroatoms. The first-order valence-corrected chi connectivity index (χ1v) is 7.33. The number of carbonyl (C=O) groups is 1. The summed E-state index contributed by atoms with van der Waals surface area (Å²) in [5, 5.41) is 8.64. The molecule has 124 valence electrons. The predicted molar refractivity (Wildman–Crippen MR) is 83.2 cm³/mol. The van der Waals surface area contributed by atoms with Crippen LogP contribution in [-0.4, -0.2) is 11.1 Å². The summed E-state index contributed by atoms with van der Waals surface area (Å²) in [7, 11) is 0. The maximum absolute atomic E-state index is 14.6. The van der Waals surface area contributed by atoms with Crippen molar-refractivity contribution in [2.45, 2.75) is 12.9 Å². The summed E-state index contributed by atoms with van der Waals surface area (Å²) in [6.07, 6.45) is 1.55. The monoisotopic (exact) mass is 350 g/mol. The molecule has 3 rings (SSSR count). The number of halogens is 2. The van der Waals surface area contributed by atoms with Crippen LogP contribution in [0.5, 0.6) is 5.75 Å². The van der Waals surface area contributed by atoms with E-state index in [0.29, 0.717) is 0 Å². The molecule has 24 heavy (non-hydrogen) atoms. The van der Waals surface area contributed by atoms with Gasteiger partial charge in [0.15, 0.2) is 11.6 Å². The van der Waals surface area contributed by atoms with Gasteiger partial charge in [0.1, 0.15) is 19.1 Å². The summed E-state index contributed by atoms with van der Waals surface area (Å²) >= 11 is 5.82. The third-order valence-electron chi connectivity index (χ3n) is 3.36. The van der Waals surface area contributed by atoms with Crippen LogP contribution in [0, 0.1) is 5.82 Å². The number of hydrogen-bond acceptors (Lipinski definition) is 4. The van der Waals surface area contributed by atoms with Crippen molar-refractivity contribution >= 4 is 17.6 Å². The molecule has 1 heterocycles. The number of benzene rings is 2. The highest BCUT2D eigenvalue weighted by molar-refractivity contribution is 6.33.